The lowest BCUT2D eigenvalue weighted by Crippen LogP contribution is -2.28. The zero-order valence-corrected chi connectivity index (χ0v) is 7.75. The Bertz CT molecular complexity index is 344. The highest BCUT2D eigenvalue weighted by Gasteiger charge is 2.19. The molecule has 0 radical (unpaired) electrons. The Kier molecular flexibility index (Phi) is 3.02. The molecule has 0 aromatic carbocycles. The summed E-state index contributed by atoms with van der Waals surface area (Å²) in [7, 11) is -3.79. The predicted molar refractivity (Wildman–Crippen MR) is 48.5 cm³/mol. The van der Waals surface area contributed by atoms with Crippen molar-refractivity contribution in [3.63, 3.8) is 0 Å². The number of primary sulfonamides is 1. The van der Waals surface area contributed by atoms with Crippen molar-refractivity contribution >= 4 is 15.7 Å². The number of ether oxygens (including phenoxy) is 1. The fourth-order valence-electron chi connectivity index (χ4n) is 0.964. The summed E-state index contributed by atoms with van der Waals surface area (Å²) in [6, 6.07) is 0. The van der Waals surface area contributed by atoms with Gasteiger partial charge in [0.05, 0.1) is 25.5 Å². The van der Waals surface area contributed by atoms with Gasteiger partial charge < -0.3 is 10.5 Å². The van der Waals surface area contributed by atoms with Gasteiger partial charge in [0.25, 0.3) is 0 Å². The van der Waals surface area contributed by atoms with Crippen molar-refractivity contribution < 1.29 is 13.2 Å². The zero-order valence-electron chi connectivity index (χ0n) is 6.93. The van der Waals surface area contributed by atoms with Crippen LogP contribution in [0.3, 0.4) is 0 Å². The molecule has 7 heteroatoms. The SMILES string of the molecule is NC=C(C1=NCCOC1)S(N)(=O)=O. The van der Waals surface area contributed by atoms with Crippen molar-refractivity contribution in [3.8, 4) is 0 Å². The van der Waals surface area contributed by atoms with Gasteiger partial charge in [0.15, 0.2) is 0 Å². The summed E-state index contributed by atoms with van der Waals surface area (Å²) >= 11 is 0. The number of hydrogen-bond donors (Lipinski definition) is 2. The van der Waals surface area contributed by atoms with Gasteiger partial charge >= 0.3 is 0 Å². The summed E-state index contributed by atoms with van der Waals surface area (Å²) in [5.41, 5.74) is 5.42. The third-order valence-electron chi connectivity index (χ3n) is 1.52. The first-order valence-electron chi connectivity index (χ1n) is 3.62. The topological polar surface area (TPSA) is 108 Å². The van der Waals surface area contributed by atoms with Crippen LogP contribution < -0.4 is 10.9 Å². The molecule has 0 aromatic heterocycles. The second kappa shape index (κ2) is 3.86. The summed E-state index contributed by atoms with van der Waals surface area (Å²) in [6.07, 6.45) is 0.933. The highest BCUT2D eigenvalue weighted by molar-refractivity contribution is 7.94. The Morgan fingerprint density at radius 3 is 2.69 bits per heavy atom. The molecule has 0 bridgehead atoms. The predicted octanol–water partition coefficient (Wildman–Crippen LogP) is -1.45. The number of nitrogens with two attached hydrogens (primary N) is 2. The Hall–Kier alpha value is -0.920. The van der Waals surface area contributed by atoms with Crippen LogP contribution in [0.4, 0.5) is 0 Å². The first-order valence-corrected chi connectivity index (χ1v) is 5.16. The van der Waals surface area contributed by atoms with Crippen LogP contribution in [0.5, 0.6) is 0 Å². The van der Waals surface area contributed by atoms with E-state index in [1.807, 2.05) is 0 Å². The van der Waals surface area contributed by atoms with Gasteiger partial charge in [-0.05, 0) is 0 Å². The van der Waals surface area contributed by atoms with E-state index in [4.69, 9.17) is 15.6 Å². The van der Waals surface area contributed by atoms with Gasteiger partial charge in [-0.3, -0.25) is 4.99 Å². The van der Waals surface area contributed by atoms with Crippen LogP contribution in [-0.4, -0.2) is 33.9 Å². The van der Waals surface area contributed by atoms with Crippen LogP contribution in [0, 0.1) is 0 Å². The van der Waals surface area contributed by atoms with Crippen molar-refractivity contribution in [1.29, 1.82) is 0 Å². The first-order chi connectivity index (χ1) is 6.05. The van der Waals surface area contributed by atoms with Crippen molar-refractivity contribution in [2.45, 2.75) is 0 Å². The number of nitrogens with zero attached hydrogens (tertiary/aromatic N) is 1. The molecule has 0 aromatic rings. The fraction of sp³-hybridized carbons (Fsp3) is 0.500. The maximum atomic E-state index is 11.0. The molecule has 74 valence electrons. The van der Waals surface area contributed by atoms with E-state index in [2.05, 4.69) is 4.99 Å². The smallest absolute Gasteiger partial charge is 0.241 e. The molecule has 6 nitrogen and oxygen atoms in total. The highest BCUT2D eigenvalue weighted by Crippen LogP contribution is 2.06. The molecule has 0 atom stereocenters. The lowest BCUT2D eigenvalue weighted by atomic mass is 10.3. The normalized spacial score (nSPS) is 19.8. The van der Waals surface area contributed by atoms with Crippen LogP contribution in [0.25, 0.3) is 0 Å². The molecule has 1 aliphatic heterocycles. The molecule has 1 rings (SSSR count). The quantitative estimate of drug-likeness (QED) is 0.574. The van der Waals surface area contributed by atoms with E-state index < -0.39 is 10.0 Å². The van der Waals surface area contributed by atoms with E-state index in [0.717, 1.165) is 6.20 Å². The van der Waals surface area contributed by atoms with Crippen molar-refractivity contribution in [2.75, 3.05) is 19.8 Å². The Labute approximate surface area is 76.3 Å². The van der Waals surface area contributed by atoms with Crippen molar-refractivity contribution in [2.24, 2.45) is 15.9 Å². The number of aliphatic imine (C=N–C) groups is 1. The van der Waals surface area contributed by atoms with E-state index in [-0.39, 0.29) is 17.2 Å². The molecule has 1 heterocycles. The molecule has 0 aliphatic carbocycles. The van der Waals surface area contributed by atoms with Crippen molar-refractivity contribution in [1.82, 2.24) is 0 Å². The van der Waals surface area contributed by atoms with Crippen LogP contribution in [0.2, 0.25) is 0 Å². The van der Waals surface area contributed by atoms with E-state index in [1.54, 1.807) is 0 Å². The summed E-state index contributed by atoms with van der Waals surface area (Å²) < 4.78 is 26.9. The summed E-state index contributed by atoms with van der Waals surface area (Å²) in [5.74, 6) is 0. The highest BCUT2D eigenvalue weighted by atomic mass is 32.2. The van der Waals surface area contributed by atoms with E-state index >= 15 is 0 Å². The molecule has 0 spiro atoms. The van der Waals surface area contributed by atoms with Gasteiger partial charge in [-0.15, -0.1) is 0 Å². The second-order valence-electron chi connectivity index (χ2n) is 2.46. The fourth-order valence-corrected chi connectivity index (χ4v) is 1.61. The van der Waals surface area contributed by atoms with Crippen molar-refractivity contribution in [3.05, 3.63) is 11.1 Å². The van der Waals surface area contributed by atoms with E-state index in [0.29, 0.717) is 13.2 Å². The molecule has 0 amide bonds. The molecule has 4 N–H and O–H groups in total. The van der Waals surface area contributed by atoms with Gasteiger partial charge in [0.2, 0.25) is 10.0 Å². The van der Waals surface area contributed by atoms with Crippen LogP contribution >= 0.6 is 0 Å². The molecule has 1 aliphatic rings. The molecule has 0 unspecified atom stereocenters. The third kappa shape index (κ3) is 2.51. The van der Waals surface area contributed by atoms with Crippen LogP contribution in [0.1, 0.15) is 0 Å². The summed E-state index contributed by atoms with van der Waals surface area (Å²) in [6.45, 7) is 1.06. The van der Waals surface area contributed by atoms with Crippen LogP contribution in [0.15, 0.2) is 16.1 Å². The standard InChI is InChI=1S/C6H11N3O3S/c7-3-6(13(8,10)11)5-4-12-2-1-9-5/h3H,1-2,4,7H2,(H2,8,10,11). The maximum Gasteiger partial charge on any atom is 0.241 e. The molecular formula is C6H11N3O3S. The van der Waals surface area contributed by atoms with Gasteiger partial charge in [-0.1, -0.05) is 0 Å². The Balaban J connectivity index is 2.98. The first kappa shape index (κ1) is 10.2. The minimum absolute atomic E-state index is 0.138. The minimum Gasteiger partial charge on any atom is -0.403 e. The molecule has 0 fully saturated rings. The van der Waals surface area contributed by atoms with Crippen LogP contribution in [-0.2, 0) is 14.8 Å². The maximum absolute atomic E-state index is 11.0. The lowest BCUT2D eigenvalue weighted by Gasteiger charge is -2.13. The molecule has 13 heavy (non-hydrogen) atoms. The average Bonchev–Trinajstić information content (AvgIpc) is 2.05. The van der Waals surface area contributed by atoms with Gasteiger partial charge in [-0.2, -0.15) is 0 Å². The van der Waals surface area contributed by atoms with E-state index in [1.165, 1.54) is 0 Å². The Morgan fingerprint density at radius 2 is 2.31 bits per heavy atom. The monoisotopic (exact) mass is 205 g/mol. The third-order valence-corrected chi connectivity index (χ3v) is 2.50. The average molecular weight is 205 g/mol. The van der Waals surface area contributed by atoms with Gasteiger partial charge in [-0.25, -0.2) is 13.6 Å². The zero-order chi connectivity index (χ0) is 9.90. The lowest BCUT2D eigenvalue weighted by molar-refractivity contribution is 0.171. The molecule has 0 saturated carbocycles. The minimum atomic E-state index is -3.79. The van der Waals surface area contributed by atoms with Gasteiger partial charge in [0, 0.05) is 6.20 Å². The largest absolute Gasteiger partial charge is 0.403 e. The summed E-state index contributed by atoms with van der Waals surface area (Å²) in [4.78, 5) is 3.79. The Morgan fingerprint density at radius 1 is 1.62 bits per heavy atom. The summed E-state index contributed by atoms with van der Waals surface area (Å²) in [5, 5.41) is 4.91. The number of sulfonamides is 1. The van der Waals surface area contributed by atoms with Gasteiger partial charge in [0.1, 0.15) is 4.91 Å². The molecular weight excluding hydrogens is 194 g/mol. The second-order valence-corrected chi connectivity index (χ2v) is 3.99. The number of hydrogen-bond acceptors (Lipinski definition) is 5. The van der Waals surface area contributed by atoms with E-state index in [9.17, 15) is 8.42 Å². The molecule has 0 saturated heterocycles. The number of rotatable bonds is 2.